The van der Waals surface area contributed by atoms with Gasteiger partial charge in [-0.15, -0.1) is 0 Å². The fourth-order valence-corrected chi connectivity index (χ4v) is 7.40. The van der Waals surface area contributed by atoms with Gasteiger partial charge in [0.15, 0.2) is 0 Å². The lowest BCUT2D eigenvalue weighted by atomic mass is 10.0. The first kappa shape index (κ1) is 28.2. The van der Waals surface area contributed by atoms with E-state index < -0.39 is 0 Å². The number of hydrogen-bond acceptors (Lipinski definition) is 3. The fourth-order valence-electron chi connectivity index (χ4n) is 7.40. The topological polar surface area (TPSA) is 48.5 Å². The van der Waals surface area contributed by atoms with E-state index in [1.54, 1.807) is 0 Å². The lowest BCUT2D eigenvalue weighted by molar-refractivity contribution is 1.14. The molecule has 0 spiro atoms. The number of rotatable bonds is 5. The number of hydrogen-bond donors (Lipinski definition) is 0. The molecule has 0 aliphatic carbocycles. The maximum atomic E-state index is 4.81. The van der Waals surface area contributed by atoms with Gasteiger partial charge in [-0.2, -0.15) is 0 Å². The van der Waals surface area contributed by atoms with Crippen molar-refractivity contribution in [2.24, 2.45) is 0 Å². The molecule has 10 rings (SSSR count). The van der Waals surface area contributed by atoms with E-state index in [9.17, 15) is 0 Å². The van der Waals surface area contributed by atoms with Crippen molar-refractivity contribution in [1.82, 2.24) is 24.1 Å². The molecule has 5 heterocycles. The summed E-state index contributed by atoms with van der Waals surface area (Å²) in [6.45, 7) is 0. The van der Waals surface area contributed by atoms with E-state index in [-0.39, 0.29) is 0 Å². The molecule has 0 unspecified atom stereocenters. The molecular formula is C45H29N5. The Labute approximate surface area is 288 Å². The molecule has 5 aromatic carbocycles. The van der Waals surface area contributed by atoms with Gasteiger partial charge in [0.25, 0.3) is 0 Å². The molecule has 10 aromatic rings. The van der Waals surface area contributed by atoms with Crippen LogP contribution in [0.4, 0.5) is 0 Å². The van der Waals surface area contributed by atoms with Crippen LogP contribution in [0.1, 0.15) is 0 Å². The third-order valence-corrected chi connectivity index (χ3v) is 9.64. The van der Waals surface area contributed by atoms with Crippen LogP contribution in [0.2, 0.25) is 0 Å². The smallest absolute Gasteiger partial charge is 0.145 e. The minimum Gasteiger partial charge on any atom is -0.309 e. The van der Waals surface area contributed by atoms with Crippen molar-refractivity contribution >= 4 is 43.7 Å². The highest BCUT2D eigenvalue weighted by atomic mass is 15.0. The highest BCUT2D eigenvalue weighted by Gasteiger charge is 2.18. The first-order chi connectivity index (χ1) is 24.8. The van der Waals surface area contributed by atoms with Crippen LogP contribution in [0, 0.1) is 0 Å². The van der Waals surface area contributed by atoms with Crippen LogP contribution in [0.25, 0.3) is 88.8 Å². The summed E-state index contributed by atoms with van der Waals surface area (Å²) in [6.07, 6.45) is 5.56. The summed E-state index contributed by atoms with van der Waals surface area (Å²) in [7, 11) is 0. The number of para-hydroxylation sites is 2. The molecule has 0 radical (unpaired) electrons. The molecule has 0 fully saturated rings. The monoisotopic (exact) mass is 639 g/mol. The molecule has 0 amide bonds. The highest BCUT2D eigenvalue weighted by molar-refractivity contribution is 6.12. The van der Waals surface area contributed by atoms with Crippen LogP contribution in [-0.2, 0) is 0 Å². The quantitative estimate of drug-likeness (QED) is 0.188. The van der Waals surface area contributed by atoms with E-state index in [2.05, 4.69) is 137 Å². The molecule has 5 heteroatoms. The minimum absolute atomic E-state index is 0.924. The molecule has 0 bridgehead atoms. The second-order valence-corrected chi connectivity index (χ2v) is 12.6. The predicted octanol–water partition coefficient (Wildman–Crippen LogP) is 11.1. The first-order valence-electron chi connectivity index (χ1n) is 16.8. The van der Waals surface area contributed by atoms with Gasteiger partial charge in [0.2, 0.25) is 0 Å². The summed E-state index contributed by atoms with van der Waals surface area (Å²) in [5.74, 6) is 0. The van der Waals surface area contributed by atoms with Crippen molar-refractivity contribution < 1.29 is 0 Å². The number of nitrogens with zero attached hydrogens (tertiary/aromatic N) is 5. The van der Waals surface area contributed by atoms with Crippen LogP contribution >= 0.6 is 0 Å². The SMILES string of the molecule is c1ccc(-n2c3cc(-c4ccc5c(c4)c4ccccc4n5-c4cc(-c5ccccn5)cc(-c5ccccn5)c4)ccc3c3cccnc32)cc1. The normalized spacial score (nSPS) is 11.6. The second kappa shape index (κ2) is 11.4. The van der Waals surface area contributed by atoms with Gasteiger partial charge in [-0.05, 0) is 102 Å². The maximum absolute atomic E-state index is 4.81. The Bertz CT molecular complexity index is 2800. The van der Waals surface area contributed by atoms with E-state index in [4.69, 9.17) is 15.0 Å². The third-order valence-electron chi connectivity index (χ3n) is 9.64. The average Bonchev–Trinajstić information content (AvgIpc) is 3.71. The molecule has 5 nitrogen and oxygen atoms in total. The molecule has 0 aliphatic rings. The fraction of sp³-hybridized carbons (Fsp3) is 0. The van der Waals surface area contributed by atoms with Crippen molar-refractivity contribution in [3.63, 3.8) is 0 Å². The largest absolute Gasteiger partial charge is 0.309 e. The zero-order chi connectivity index (χ0) is 33.0. The minimum atomic E-state index is 0.924. The Morgan fingerprint density at radius 1 is 0.320 bits per heavy atom. The van der Waals surface area contributed by atoms with Crippen LogP contribution < -0.4 is 0 Å². The van der Waals surface area contributed by atoms with E-state index in [0.717, 1.165) is 72.6 Å². The molecule has 0 saturated heterocycles. The Morgan fingerprint density at radius 2 is 0.940 bits per heavy atom. The third kappa shape index (κ3) is 4.52. The van der Waals surface area contributed by atoms with Gasteiger partial charge in [-0.3, -0.25) is 14.5 Å². The molecular weight excluding hydrogens is 611 g/mol. The van der Waals surface area contributed by atoms with Crippen molar-refractivity contribution in [2.75, 3.05) is 0 Å². The van der Waals surface area contributed by atoms with Gasteiger partial charge in [0, 0.05) is 62.6 Å². The van der Waals surface area contributed by atoms with Gasteiger partial charge in [0.05, 0.1) is 27.9 Å². The van der Waals surface area contributed by atoms with Crippen molar-refractivity contribution in [3.05, 3.63) is 176 Å². The van der Waals surface area contributed by atoms with Gasteiger partial charge in [-0.25, -0.2) is 4.98 Å². The predicted molar refractivity (Wildman–Crippen MR) is 205 cm³/mol. The zero-order valence-corrected chi connectivity index (χ0v) is 27.0. The Hall–Kier alpha value is -6.85. The van der Waals surface area contributed by atoms with Crippen molar-refractivity contribution in [3.8, 4) is 45.0 Å². The zero-order valence-electron chi connectivity index (χ0n) is 27.0. The van der Waals surface area contributed by atoms with Gasteiger partial charge in [-0.1, -0.05) is 66.7 Å². The van der Waals surface area contributed by atoms with E-state index in [0.29, 0.717) is 0 Å². The molecule has 5 aromatic heterocycles. The lowest BCUT2D eigenvalue weighted by Gasteiger charge is -2.13. The number of fused-ring (bicyclic) bond motifs is 6. The lowest BCUT2D eigenvalue weighted by Crippen LogP contribution is -1.97. The van der Waals surface area contributed by atoms with Crippen LogP contribution in [0.3, 0.4) is 0 Å². The van der Waals surface area contributed by atoms with Gasteiger partial charge in [0.1, 0.15) is 5.65 Å². The summed E-state index contributed by atoms with van der Waals surface area (Å²) in [5, 5.41) is 4.74. The average molecular weight is 640 g/mol. The van der Waals surface area contributed by atoms with Crippen LogP contribution in [0.5, 0.6) is 0 Å². The maximum Gasteiger partial charge on any atom is 0.145 e. The number of pyridine rings is 3. The number of aromatic nitrogens is 5. The Balaban J connectivity index is 1.18. The Morgan fingerprint density at radius 3 is 1.70 bits per heavy atom. The number of benzene rings is 5. The molecule has 0 aliphatic heterocycles. The first-order valence-corrected chi connectivity index (χ1v) is 16.8. The molecule has 50 heavy (non-hydrogen) atoms. The van der Waals surface area contributed by atoms with Crippen molar-refractivity contribution in [1.29, 1.82) is 0 Å². The summed E-state index contributed by atoms with van der Waals surface area (Å²) in [6, 6.07) is 55.7. The standard InChI is InChI=1S/C45H29N5/c1-2-11-34(12-3-1)50-44-29-31(18-20-37(44)38-14-10-24-48-45(38)50)30-19-21-43-39(28-30)36-13-4-5-17-42(36)49(43)35-26-32(40-15-6-8-22-46-40)25-33(27-35)41-16-7-9-23-47-41/h1-29H. The summed E-state index contributed by atoms with van der Waals surface area (Å²) in [5.41, 5.74) is 12.8. The molecule has 0 saturated carbocycles. The van der Waals surface area contributed by atoms with E-state index in [1.807, 2.05) is 48.9 Å². The highest BCUT2D eigenvalue weighted by Crippen LogP contribution is 2.39. The van der Waals surface area contributed by atoms with E-state index >= 15 is 0 Å². The van der Waals surface area contributed by atoms with Crippen LogP contribution in [-0.4, -0.2) is 24.1 Å². The molecule has 234 valence electrons. The second-order valence-electron chi connectivity index (χ2n) is 12.6. The molecule has 0 N–H and O–H groups in total. The summed E-state index contributed by atoms with van der Waals surface area (Å²) >= 11 is 0. The summed E-state index contributed by atoms with van der Waals surface area (Å²) < 4.78 is 4.64. The summed E-state index contributed by atoms with van der Waals surface area (Å²) in [4.78, 5) is 14.2. The van der Waals surface area contributed by atoms with Crippen LogP contribution in [0.15, 0.2) is 176 Å². The van der Waals surface area contributed by atoms with Gasteiger partial charge >= 0.3 is 0 Å². The molecule has 0 atom stereocenters. The van der Waals surface area contributed by atoms with E-state index in [1.165, 1.54) is 16.2 Å². The van der Waals surface area contributed by atoms with Gasteiger partial charge < -0.3 is 4.57 Å². The Kier molecular flexibility index (Phi) is 6.42. The van der Waals surface area contributed by atoms with Crippen molar-refractivity contribution in [2.45, 2.75) is 0 Å².